The van der Waals surface area contributed by atoms with Crippen LogP contribution >= 0.6 is 0 Å². The molecular formula is C36H53N5O2. The Morgan fingerprint density at radius 1 is 0.930 bits per heavy atom. The Hall–Kier alpha value is -2.74. The Bertz CT molecular complexity index is 1190. The summed E-state index contributed by atoms with van der Waals surface area (Å²) < 4.78 is 0. The average molecular weight is 588 g/mol. The van der Waals surface area contributed by atoms with Gasteiger partial charge in [-0.05, 0) is 81.8 Å². The van der Waals surface area contributed by atoms with Crippen molar-refractivity contribution >= 4 is 11.8 Å². The molecule has 2 saturated heterocycles. The second-order valence-corrected chi connectivity index (χ2v) is 13.6. The number of hydrogen-bond donors (Lipinski definition) is 2. The fourth-order valence-corrected chi connectivity index (χ4v) is 7.45. The van der Waals surface area contributed by atoms with Crippen LogP contribution in [0.4, 0.5) is 0 Å². The van der Waals surface area contributed by atoms with Crippen molar-refractivity contribution in [1.29, 1.82) is 0 Å². The smallest absolute Gasteiger partial charge is 0.245 e. The van der Waals surface area contributed by atoms with Crippen molar-refractivity contribution in [3.05, 3.63) is 71.3 Å². The highest BCUT2D eigenvalue weighted by molar-refractivity contribution is 5.88. The summed E-state index contributed by atoms with van der Waals surface area (Å²) in [7, 11) is 0. The van der Waals surface area contributed by atoms with Gasteiger partial charge in [-0.15, -0.1) is 0 Å². The molecule has 2 amide bonds. The van der Waals surface area contributed by atoms with E-state index in [0.29, 0.717) is 36.9 Å². The fourth-order valence-electron chi connectivity index (χ4n) is 7.45. The van der Waals surface area contributed by atoms with Crippen LogP contribution in [0, 0.1) is 5.92 Å². The van der Waals surface area contributed by atoms with Gasteiger partial charge in [-0.3, -0.25) is 14.5 Å². The molecule has 0 spiro atoms. The molecule has 43 heavy (non-hydrogen) atoms. The van der Waals surface area contributed by atoms with Crippen LogP contribution < -0.4 is 10.6 Å². The zero-order valence-electron chi connectivity index (χ0n) is 26.8. The van der Waals surface area contributed by atoms with E-state index in [1.54, 1.807) is 0 Å². The lowest BCUT2D eigenvalue weighted by Gasteiger charge is -2.43. The van der Waals surface area contributed by atoms with E-state index in [2.05, 4.69) is 66.3 Å². The van der Waals surface area contributed by atoms with Crippen LogP contribution in [0.2, 0.25) is 0 Å². The number of likely N-dealkylation sites (tertiary alicyclic amines) is 2. The van der Waals surface area contributed by atoms with E-state index in [0.717, 1.165) is 57.7 Å². The maximum absolute atomic E-state index is 14.1. The van der Waals surface area contributed by atoms with Crippen LogP contribution in [0.1, 0.15) is 76.1 Å². The van der Waals surface area contributed by atoms with Crippen LogP contribution in [-0.4, -0.2) is 89.9 Å². The van der Waals surface area contributed by atoms with Crippen molar-refractivity contribution in [2.24, 2.45) is 5.92 Å². The van der Waals surface area contributed by atoms with Gasteiger partial charge >= 0.3 is 0 Å². The highest BCUT2D eigenvalue weighted by Crippen LogP contribution is 2.28. The number of carbonyl (C=O) groups is 2. The summed E-state index contributed by atoms with van der Waals surface area (Å²) in [5.74, 6) is 0.560. The van der Waals surface area contributed by atoms with Gasteiger partial charge < -0.3 is 20.4 Å². The molecule has 3 aliphatic rings. The van der Waals surface area contributed by atoms with Crippen LogP contribution in [0.5, 0.6) is 0 Å². The predicted molar refractivity (Wildman–Crippen MR) is 174 cm³/mol. The second-order valence-electron chi connectivity index (χ2n) is 13.6. The molecule has 3 unspecified atom stereocenters. The van der Waals surface area contributed by atoms with Gasteiger partial charge in [-0.25, -0.2) is 0 Å². The summed E-state index contributed by atoms with van der Waals surface area (Å²) in [5.41, 5.74) is 3.57. The molecular weight excluding hydrogens is 534 g/mol. The number of hydrogen-bond acceptors (Lipinski definition) is 5. The Kier molecular flexibility index (Phi) is 10.9. The van der Waals surface area contributed by atoms with E-state index in [1.165, 1.54) is 24.0 Å². The van der Waals surface area contributed by atoms with Gasteiger partial charge in [-0.1, -0.05) is 68.4 Å². The lowest BCUT2D eigenvalue weighted by atomic mass is 9.92. The zero-order chi connectivity index (χ0) is 30.3. The maximum Gasteiger partial charge on any atom is 0.245 e. The Morgan fingerprint density at radius 2 is 1.63 bits per heavy atom. The first kappa shape index (κ1) is 31.7. The number of nitrogens with one attached hydrogen (secondary N) is 2. The van der Waals surface area contributed by atoms with Gasteiger partial charge in [0.25, 0.3) is 0 Å². The quantitative estimate of drug-likeness (QED) is 0.408. The molecule has 2 fully saturated rings. The van der Waals surface area contributed by atoms with Crippen molar-refractivity contribution in [1.82, 2.24) is 25.3 Å². The van der Waals surface area contributed by atoms with Gasteiger partial charge in [0, 0.05) is 56.6 Å². The number of benzene rings is 2. The topological polar surface area (TPSA) is 67.9 Å². The molecule has 3 heterocycles. The van der Waals surface area contributed by atoms with E-state index in [9.17, 15) is 9.59 Å². The fraction of sp³-hybridized carbons (Fsp3) is 0.611. The first-order valence-electron chi connectivity index (χ1n) is 16.7. The Balaban J connectivity index is 1.26. The van der Waals surface area contributed by atoms with E-state index < -0.39 is 6.04 Å². The maximum atomic E-state index is 14.1. The Labute approximate surface area is 259 Å². The number of piperidine rings is 1. The van der Waals surface area contributed by atoms with Gasteiger partial charge in [0.05, 0.1) is 0 Å². The van der Waals surface area contributed by atoms with Crippen molar-refractivity contribution in [3.8, 4) is 0 Å². The number of rotatable bonds is 11. The van der Waals surface area contributed by atoms with Crippen molar-refractivity contribution < 1.29 is 9.59 Å². The third-order valence-electron chi connectivity index (χ3n) is 9.74. The van der Waals surface area contributed by atoms with Crippen molar-refractivity contribution in [2.45, 2.75) is 96.4 Å². The molecule has 7 heteroatoms. The molecule has 3 aliphatic heterocycles. The van der Waals surface area contributed by atoms with Gasteiger partial charge in [0.15, 0.2) is 0 Å². The van der Waals surface area contributed by atoms with Gasteiger partial charge in [0.2, 0.25) is 11.8 Å². The van der Waals surface area contributed by atoms with E-state index >= 15 is 0 Å². The molecule has 0 aromatic heterocycles. The van der Waals surface area contributed by atoms with E-state index in [1.807, 2.05) is 41.3 Å². The first-order valence-corrected chi connectivity index (χ1v) is 16.7. The minimum absolute atomic E-state index is 0.0275. The van der Waals surface area contributed by atoms with Gasteiger partial charge in [0.1, 0.15) is 6.04 Å². The average Bonchev–Trinajstić information content (AvgIpc) is 3.50. The lowest BCUT2D eigenvalue weighted by Crippen LogP contribution is -2.53. The molecule has 234 valence electrons. The van der Waals surface area contributed by atoms with E-state index in [4.69, 9.17) is 0 Å². The summed E-state index contributed by atoms with van der Waals surface area (Å²) in [6, 6.07) is 19.4. The van der Waals surface area contributed by atoms with Crippen LogP contribution in [-0.2, 0) is 22.4 Å². The zero-order valence-corrected chi connectivity index (χ0v) is 26.8. The molecule has 0 radical (unpaired) electrons. The highest BCUT2D eigenvalue weighted by atomic mass is 16.2. The normalized spacial score (nSPS) is 22.3. The molecule has 3 atom stereocenters. The first-order chi connectivity index (χ1) is 20.8. The highest BCUT2D eigenvalue weighted by Gasteiger charge is 2.38. The van der Waals surface area contributed by atoms with E-state index in [-0.39, 0.29) is 17.9 Å². The van der Waals surface area contributed by atoms with Crippen LogP contribution in [0.15, 0.2) is 54.6 Å². The van der Waals surface area contributed by atoms with Gasteiger partial charge in [-0.2, -0.15) is 0 Å². The van der Waals surface area contributed by atoms with Crippen LogP contribution in [0.3, 0.4) is 0 Å². The standard InChI is InChI=1S/C36H53N5O2/c1-26(2)24-41(30-15-19-39(20-16-30)27(3)4)31-17-21-40(25-31)36(43)34(22-28-10-6-5-7-11-28)38-35(42)23-33-32-13-9-8-12-29(32)14-18-37-33/h5-13,26-27,30-31,33-34,37H,14-25H2,1-4H3,(H,38,42). The monoisotopic (exact) mass is 587 g/mol. The SMILES string of the molecule is CC(C)CN(C1CCN(C(C)C)CC1)C1CCN(C(=O)C(Cc2ccccc2)NC(=O)CC2NCCc3ccccc32)C1. The summed E-state index contributed by atoms with van der Waals surface area (Å²) in [5, 5.41) is 6.71. The molecule has 2 aromatic carbocycles. The number of nitrogens with zero attached hydrogens (tertiary/aromatic N) is 3. The molecule has 0 bridgehead atoms. The molecule has 2 N–H and O–H groups in total. The Morgan fingerprint density at radius 3 is 2.35 bits per heavy atom. The molecule has 2 aromatic rings. The minimum Gasteiger partial charge on any atom is -0.344 e. The third-order valence-corrected chi connectivity index (χ3v) is 9.74. The number of carbonyl (C=O) groups excluding carboxylic acids is 2. The lowest BCUT2D eigenvalue weighted by molar-refractivity contribution is -0.136. The molecule has 7 nitrogen and oxygen atoms in total. The van der Waals surface area contributed by atoms with Crippen molar-refractivity contribution in [2.75, 3.05) is 39.3 Å². The van der Waals surface area contributed by atoms with Crippen molar-refractivity contribution in [3.63, 3.8) is 0 Å². The number of amides is 2. The number of fused-ring (bicyclic) bond motifs is 1. The second kappa shape index (κ2) is 14.8. The minimum atomic E-state index is -0.569. The molecule has 5 rings (SSSR count). The summed E-state index contributed by atoms with van der Waals surface area (Å²) in [6.45, 7) is 14.9. The summed E-state index contributed by atoms with van der Waals surface area (Å²) in [6.07, 6.45) is 5.20. The summed E-state index contributed by atoms with van der Waals surface area (Å²) >= 11 is 0. The molecule has 0 saturated carbocycles. The summed E-state index contributed by atoms with van der Waals surface area (Å²) in [4.78, 5) is 35.0. The molecule has 0 aliphatic carbocycles. The van der Waals surface area contributed by atoms with Crippen LogP contribution in [0.25, 0.3) is 0 Å². The third kappa shape index (κ3) is 8.25. The predicted octanol–water partition coefficient (Wildman–Crippen LogP) is 4.42. The largest absolute Gasteiger partial charge is 0.344 e.